The minimum atomic E-state index is -0.815. The fraction of sp³-hybridized carbons (Fsp3) is 0.200. The molecule has 0 fully saturated rings. The Balaban J connectivity index is 2.30. The van der Waals surface area contributed by atoms with E-state index in [1.54, 1.807) is 12.1 Å². The van der Waals surface area contributed by atoms with Crippen molar-refractivity contribution in [2.75, 3.05) is 5.33 Å². The number of halogens is 4. The van der Waals surface area contributed by atoms with Gasteiger partial charge in [0.15, 0.2) is 11.6 Å². The fourth-order valence-corrected chi connectivity index (χ4v) is 2.89. The predicted octanol–water partition coefficient (Wildman–Crippen LogP) is 5.34. The molecule has 0 aliphatic heterocycles. The summed E-state index contributed by atoms with van der Waals surface area (Å²) in [6.07, 6.45) is 0.401. The lowest BCUT2D eigenvalue weighted by Crippen LogP contribution is -2.07. The molecular formula is C15H12BrClF2. The van der Waals surface area contributed by atoms with Crippen molar-refractivity contribution in [1.82, 2.24) is 0 Å². The minimum Gasteiger partial charge on any atom is -0.204 e. The Morgan fingerprint density at radius 3 is 2.47 bits per heavy atom. The second-order valence-electron chi connectivity index (χ2n) is 4.29. The molecule has 0 aromatic heterocycles. The van der Waals surface area contributed by atoms with Crippen molar-refractivity contribution in [2.24, 2.45) is 0 Å². The van der Waals surface area contributed by atoms with Crippen molar-refractivity contribution >= 4 is 27.5 Å². The number of alkyl halides is 1. The molecule has 2 aromatic rings. The van der Waals surface area contributed by atoms with Crippen LogP contribution in [0.1, 0.15) is 17.0 Å². The Bertz CT molecular complexity index is 572. The van der Waals surface area contributed by atoms with Gasteiger partial charge < -0.3 is 0 Å². The summed E-state index contributed by atoms with van der Waals surface area (Å²) in [5, 5.41) is 1.27. The van der Waals surface area contributed by atoms with Crippen LogP contribution in [0, 0.1) is 11.6 Å². The van der Waals surface area contributed by atoms with E-state index in [1.165, 1.54) is 6.07 Å². The molecule has 0 aliphatic carbocycles. The molecule has 0 radical (unpaired) electrons. The Morgan fingerprint density at radius 1 is 1.05 bits per heavy atom. The van der Waals surface area contributed by atoms with E-state index in [1.807, 2.05) is 18.2 Å². The van der Waals surface area contributed by atoms with Crippen molar-refractivity contribution in [3.63, 3.8) is 0 Å². The van der Waals surface area contributed by atoms with Gasteiger partial charge >= 0.3 is 0 Å². The molecule has 1 atom stereocenters. The van der Waals surface area contributed by atoms with Crippen molar-refractivity contribution in [3.05, 3.63) is 70.2 Å². The molecule has 0 amide bonds. The molecule has 100 valence electrons. The Morgan fingerprint density at radius 2 is 1.79 bits per heavy atom. The maximum absolute atomic E-state index is 13.7. The zero-order valence-electron chi connectivity index (χ0n) is 10.0. The molecule has 0 N–H and O–H groups in total. The molecular weight excluding hydrogens is 334 g/mol. The third-order valence-corrected chi connectivity index (χ3v) is 4.15. The Kier molecular flexibility index (Phi) is 4.94. The van der Waals surface area contributed by atoms with Crippen molar-refractivity contribution < 1.29 is 8.78 Å². The van der Waals surface area contributed by atoms with E-state index in [0.717, 1.165) is 11.6 Å². The number of rotatable bonds is 4. The van der Waals surface area contributed by atoms with Gasteiger partial charge in [-0.15, -0.1) is 0 Å². The van der Waals surface area contributed by atoms with Crippen LogP contribution in [0.25, 0.3) is 0 Å². The number of hydrogen-bond donors (Lipinski definition) is 0. The van der Waals surface area contributed by atoms with Gasteiger partial charge in [0, 0.05) is 10.4 Å². The first-order valence-corrected chi connectivity index (χ1v) is 7.36. The van der Waals surface area contributed by atoms with Gasteiger partial charge in [0.25, 0.3) is 0 Å². The van der Waals surface area contributed by atoms with Gasteiger partial charge in [-0.05, 0) is 35.6 Å². The Hall–Kier alpha value is -0.930. The van der Waals surface area contributed by atoms with E-state index in [9.17, 15) is 8.78 Å². The third-order valence-electron chi connectivity index (χ3n) is 3.03. The van der Waals surface area contributed by atoms with E-state index in [2.05, 4.69) is 15.9 Å². The van der Waals surface area contributed by atoms with Gasteiger partial charge in [-0.3, -0.25) is 0 Å². The average Bonchev–Trinajstić information content (AvgIpc) is 2.41. The highest BCUT2D eigenvalue weighted by Gasteiger charge is 2.17. The molecule has 2 rings (SSSR count). The number of hydrogen-bond acceptors (Lipinski definition) is 0. The minimum absolute atomic E-state index is 0.00463. The fourth-order valence-electron chi connectivity index (χ4n) is 2.03. The highest BCUT2D eigenvalue weighted by atomic mass is 79.9. The van der Waals surface area contributed by atoms with Crippen LogP contribution in [-0.4, -0.2) is 5.33 Å². The quantitative estimate of drug-likeness (QED) is 0.656. The number of benzene rings is 2. The molecule has 1 unspecified atom stereocenters. The van der Waals surface area contributed by atoms with Crippen LogP contribution in [-0.2, 0) is 6.42 Å². The van der Waals surface area contributed by atoms with Crippen LogP contribution in [0.2, 0.25) is 5.02 Å². The van der Waals surface area contributed by atoms with Crippen LogP contribution < -0.4 is 0 Å². The second-order valence-corrected chi connectivity index (χ2v) is 5.34. The highest BCUT2D eigenvalue weighted by Crippen LogP contribution is 2.29. The first kappa shape index (κ1) is 14.5. The van der Waals surface area contributed by atoms with E-state index in [-0.39, 0.29) is 5.92 Å². The Labute approximate surface area is 124 Å². The lowest BCUT2D eigenvalue weighted by atomic mass is 9.93. The summed E-state index contributed by atoms with van der Waals surface area (Å²) in [6.45, 7) is 0. The summed E-state index contributed by atoms with van der Waals surface area (Å²) < 4.78 is 26.9. The molecule has 0 saturated carbocycles. The molecule has 0 spiro atoms. The van der Waals surface area contributed by atoms with Gasteiger partial charge in [-0.1, -0.05) is 57.9 Å². The van der Waals surface area contributed by atoms with Crippen molar-refractivity contribution in [1.29, 1.82) is 0 Å². The largest absolute Gasteiger partial charge is 0.204 e. The third kappa shape index (κ3) is 3.34. The molecule has 19 heavy (non-hydrogen) atoms. The summed E-state index contributed by atoms with van der Waals surface area (Å²) in [5.41, 5.74) is 1.30. The average molecular weight is 346 g/mol. The van der Waals surface area contributed by atoms with Crippen LogP contribution in [0.5, 0.6) is 0 Å². The molecule has 0 bridgehead atoms. The van der Waals surface area contributed by atoms with E-state index in [0.29, 0.717) is 22.3 Å². The van der Waals surface area contributed by atoms with Gasteiger partial charge in [0.05, 0.1) is 0 Å². The van der Waals surface area contributed by atoms with E-state index in [4.69, 9.17) is 11.6 Å². The molecule has 4 heteroatoms. The summed E-state index contributed by atoms with van der Waals surface area (Å²) in [6, 6.07) is 11.7. The van der Waals surface area contributed by atoms with Gasteiger partial charge in [-0.25, -0.2) is 8.78 Å². The highest BCUT2D eigenvalue weighted by molar-refractivity contribution is 9.09. The first-order chi connectivity index (χ1) is 9.13. The smallest absolute Gasteiger partial charge is 0.162 e. The summed E-state index contributed by atoms with van der Waals surface area (Å²) in [4.78, 5) is 0. The van der Waals surface area contributed by atoms with Crippen LogP contribution in [0.3, 0.4) is 0 Å². The maximum Gasteiger partial charge on any atom is 0.162 e. The first-order valence-electron chi connectivity index (χ1n) is 5.86. The predicted molar refractivity (Wildman–Crippen MR) is 78.0 cm³/mol. The standard InChI is InChI=1S/C15H12BrClF2/c16-9-11(12-5-1-2-6-13(12)17)8-10-4-3-7-14(18)15(10)19/h1-7,11H,8-9H2. The van der Waals surface area contributed by atoms with E-state index < -0.39 is 11.6 Å². The monoisotopic (exact) mass is 344 g/mol. The molecule has 0 saturated heterocycles. The zero-order valence-corrected chi connectivity index (χ0v) is 12.4. The van der Waals surface area contributed by atoms with Crippen LogP contribution >= 0.6 is 27.5 Å². The molecule has 0 nitrogen and oxygen atoms in total. The topological polar surface area (TPSA) is 0 Å². The van der Waals surface area contributed by atoms with Crippen LogP contribution in [0.15, 0.2) is 42.5 Å². The van der Waals surface area contributed by atoms with E-state index >= 15 is 0 Å². The summed E-state index contributed by atoms with van der Waals surface area (Å²) >= 11 is 9.56. The summed E-state index contributed by atoms with van der Waals surface area (Å²) in [7, 11) is 0. The SMILES string of the molecule is Fc1cccc(CC(CBr)c2ccccc2Cl)c1F. The lowest BCUT2D eigenvalue weighted by molar-refractivity contribution is 0.495. The zero-order chi connectivity index (χ0) is 13.8. The van der Waals surface area contributed by atoms with Gasteiger partial charge in [-0.2, -0.15) is 0 Å². The van der Waals surface area contributed by atoms with Gasteiger partial charge in [0.2, 0.25) is 0 Å². The van der Waals surface area contributed by atoms with Crippen LogP contribution in [0.4, 0.5) is 8.78 Å². The second kappa shape index (κ2) is 6.49. The van der Waals surface area contributed by atoms with Gasteiger partial charge in [0.1, 0.15) is 0 Å². The lowest BCUT2D eigenvalue weighted by Gasteiger charge is -2.16. The van der Waals surface area contributed by atoms with Crippen molar-refractivity contribution in [2.45, 2.75) is 12.3 Å². The summed E-state index contributed by atoms with van der Waals surface area (Å²) in [5.74, 6) is -1.59. The molecule has 0 heterocycles. The molecule has 2 aromatic carbocycles. The maximum atomic E-state index is 13.7. The normalized spacial score (nSPS) is 12.4. The van der Waals surface area contributed by atoms with Crippen molar-refractivity contribution in [3.8, 4) is 0 Å². The molecule has 0 aliphatic rings.